The van der Waals surface area contributed by atoms with E-state index >= 15 is 0 Å². The van der Waals surface area contributed by atoms with Crippen molar-refractivity contribution in [3.63, 3.8) is 0 Å². The van der Waals surface area contributed by atoms with Crippen LogP contribution in [0.1, 0.15) is 10.4 Å². The number of aromatic amines is 1. The van der Waals surface area contributed by atoms with E-state index in [1.165, 1.54) is 30.2 Å². The number of nitrogens with one attached hydrogen (secondary N) is 2. The molecule has 2 aromatic carbocycles. The number of aliphatic hydroxyl groups is 1. The van der Waals surface area contributed by atoms with Crippen molar-refractivity contribution in [2.45, 2.75) is 12.2 Å². The number of nitrogens with zero attached hydrogens (tertiary/aromatic N) is 2. The van der Waals surface area contributed by atoms with E-state index in [4.69, 9.17) is 9.47 Å². The molecule has 4 rings (SSSR count). The molecule has 1 aromatic heterocycles. The topological polar surface area (TPSA) is 164 Å². The summed E-state index contributed by atoms with van der Waals surface area (Å²) in [6, 6.07) is 12.5. The molecule has 0 spiro atoms. The summed E-state index contributed by atoms with van der Waals surface area (Å²) >= 11 is 0. The Labute approximate surface area is 192 Å². The van der Waals surface area contributed by atoms with E-state index in [1.54, 1.807) is 30.3 Å². The number of rotatable bonds is 6. The van der Waals surface area contributed by atoms with Crippen molar-refractivity contribution in [1.29, 1.82) is 0 Å². The standard InChI is InChI=1S/C22H20N4O8/c1-32-21(30)13-3-2-4-15(11-13)26-9-10-33-17(20(26)29)16(27)19(28)23-14-7-5-12(6-8-14)18-24-22(31)34-25-18/h2-8,11,16-17,27H,9-10H2,1H3,(H,23,28)(H,24,25,31)/t16?,17-/m1/s1. The van der Waals surface area contributed by atoms with Gasteiger partial charge >= 0.3 is 11.7 Å². The number of hydrogen-bond donors (Lipinski definition) is 3. The van der Waals surface area contributed by atoms with Crippen molar-refractivity contribution < 1.29 is 33.5 Å². The molecule has 2 heterocycles. The number of methoxy groups -OCH3 is 1. The zero-order valence-corrected chi connectivity index (χ0v) is 17.9. The molecule has 1 aliphatic rings. The van der Waals surface area contributed by atoms with Gasteiger partial charge in [-0.1, -0.05) is 11.2 Å². The van der Waals surface area contributed by atoms with Crippen LogP contribution in [0.15, 0.2) is 57.8 Å². The quantitative estimate of drug-likeness (QED) is 0.438. The summed E-state index contributed by atoms with van der Waals surface area (Å²) in [7, 11) is 1.25. The van der Waals surface area contributed by atoms with E-state index in [9.17, 15) is 24.3 Å². The highest BCUT2D eigenvalue weighted by Crippen LogP contribution is 2.23. The molecule has 0 aliphatic carbocycles. The molecule has 176 valence electrons. The van der Waals surface area contributed by atoms with Crippen LogP contribution < -0.4 is 16.0 Å². The van der Waals surface area contributed by atoms with Crippen molar-refractivity contribution in [1.82, 2.24) is 10.1 Å². The number of carbonyl (C=O) groups excluding carboxylic acids is 3. The number of aromatic nitrogens is 2. The van der Waals surface area contributed by atoms with Crippen LogP contribution in [-0.4, -0.2) is 65.5 Å². The van der Waals surface area contributed by atoms with Gasteiger partial charge in [-0.2, -0.15) is 0 Å². The number of amides is 2. The fourth-order valence-electron chi connectivity index (χ4n) is 3.43. The second-order valence-electron chi connectivity index (χ2n) is 7.28. The van der Waals surface area contributed by atoms with E-state index in [1.807, 2.05) is 0 Å². The molecule has 2 atom stereocenters. The van der Waals surface area contributed by atoms with E-state index in [2.05, 4.69) is 20.0 Å². The minimum absolute atomic E-state index is 0.0772. The van der Waals surface area contributed by atoms with Gasteiger partial charge in [0.15, 0.2) is 18.0 Å². The average molecular weight is 468 g/mol. The molecule has 3 aromatic rings. The second kappa shape index (κ2) is 9.68. The number of anilines is 2. The Bertz CT molecular complexity index is 1270. The van der Waals surface area contributed by atoms with E-state index in [0.717, 1.165) is 0 Å². The number of hydrogen-bond acceptors (Lipinski definition) is 9. The number of H-pyrrole nitrogens is 1. The van der Waals surface area contributed by atoms with Gasteiger partial charge in [-0.3, -0.25) is 19.1 Å². The number of ether oxygens (including phenoxy) is 2. The predicted octanol–water partition coefficient (Wildman–Crippen LogP) is 0.548. The summed E-state index contributed by atoms with van der Waals surface area (Å²) in [5.74, 6) is -2.49. The maximum absolute atomic E-state index is 13.0. The summed E-state index contributed by atoms with van der Waals surface area (Å²) in [5.41, 5.74) is 1.55. The molecule has 34 heavy (non-hydrogen) atoms. The van der Waals surface area contributed by atoms with Crippen LogP contribution in [0, 0.1) is 0 Å². The largest absolute Gasteiger partial charge is 0.465 e. The van der Waals surface area contributed by atoms with E-state index < -0.39 is 35.7 Å². The first-order chi connectivity index (χ1) is 16.4. The first-order valence-electron chi connectivity index (χ1n) is 10.1. The third-order valence-corrected chi connectivity index (χ3v) is 5.12. The van der Waals surface area contributed by atoms with Gasteiger partial charge in [-0.05, 0) is 42.5 Å². The molecule has 0 radical (unpaired) electrons. The molecule has 1 unspecified atom stereocenters. The highest BCUT2D eigenvalue weighted by Gasteiger charge is 2.39. The molecular formula is C22H20N4O8. The highest BCUT2D eigenvalue weighted by molar-refractivity contribution is 6.04. The van der Waals surface area contributed by atoms with Crippen LogP contribution >= 0.6 is 0 Å². The molecule has 1 aliphatic heterocycles. The summed E-state index contributed by atoms with van der Waals surface area (Å²) in [6.45, 7) is 0.258. The SMILES string of the molecule is COC(=O)c1cccc(N2CCO[C@H](C(O)C(=O)Nc3ccc(-c4noc(=O)[nH]4)cc3)C2=O)c1. The van der Waals surface area contributed by atoms with Gasteiger partial charge in [0.05, 0.1) is 19.3 Å². The fraction of sp³-hybridized carbons (Fsp3) is 0.227. The smallest absolute Gasteiger partial charge is 0.439 e. The highest BCUT2D eigenvalue weighted by atomic mass is 16.5. The maximum Gasteiger partial charge on any atom is 0.439 e. The van der Waals surface area contributed by atoms with Crippen LogP contribution in [0.2, 0.25) is 0 Å². The Morgan fingerprint density at radius 1 is 1.24 bits per heavy atom. The van der Waals surface area contributed by atoms with Crippen molar-refractivity contribution >= 4 is 29.2 Å². The minimum atomic E-state index is -1.79. The lowest BCUT2D eigenvalue weighted by atomic mass is 10.1. The minimum Gasteiger partial charge on any atom is -0.465 e. The monoisotopic (exact) mass is 468 g/mol. The number of benzene rings is 2. The van der Waals surface area contributed by atoms with E-state index in [-0.39, 0.29) is 24.5 Å². The second-order valence-corrected chi connectivity index (χ2v) is 7.28. The lowest BCUT2D eigenvalue weighted by molar-refractivity contribution is -0.150. The van der Waals surface area contributed by atoms with Crippen LogP contribution in [0.5, 0.6) is 0 Å². The molecule has 3 N–H and O–H groups in total. The van der Waals surface area contributed by atoms with Crippen molar-refractivity contribution in [2.75, 3.05) is 30.5 Å². The zero-order valence-electron chi connectivity index (χ0n) is 17.9. The Morgan fingerprint density at radius 2 is 2.00 bits per heavy atom. The van der Waals surface area contributed by atoms with Gasteiger partial charge in [-0.25, -0.2) is 9.59 Å². The van der Waals surface area contributed by atoms with Crippen LogP contribution in [0.3, 0.4) is 0 Å². The third kappa shape index (κ3) is 4.72. The van der Waals surface area contributed by atoms with Gasteiger partial charge in [0, 0.05) is 23.5 Å². The number of aliphatic hydroxyl groups excluding tert-OH is 1. The zero-order chi connectivity index (χ0) is 24.2. The molecular weight excluding hydrogens is 448 g/mol. The molecule has 12 nitrogen and oxygen atoms in total. The fourth-order valence-corrected chi connectivity index (χ4v) is 3.43. The Kier molecular flexibility index (Phi) is 6.52. The Balaban J connectivity index is 1.44. The van der Waals surface area contributed by atoms with Gasteiger partial charge in [-0.15, -0.1) is 0 Å². The van der Waals surface area contributed by atoms with Crippen LogP contribution in [0.4, 0.5) is 11.4 Å². The molecule has 12 heteroatoms. The molecule has 0 bridgehead atoms. The van der Waals surface area contributed by atoms with Crippen LogP contribution in [0.25, 0.3) is 11.4 Å². The first kappa shape index (κ1) is 22.9. The van der Waals surface area contributed by atoms with Gasteiger partial charge < -0.3 is 24.8 Å². The molecule has 0 saturated carbocycles. The van der Waals surface area contributed by atoms with Gasteiger partial charge in [0.2, 0.25) is 0 Å². The number of esters is 1. The lowest BCUT2D eigenvalue weighted by Crippen LogP contribution is -2.55. The summed E-state index contributed by atoms with van der Waals surface area (Å²) in [5, 5.41) is 16.6. The Hall–Kier alpha value is -4.29. The van der Waals surface area contributed by atoms with Gasteiger partial charge in [0.1, 0.15) is 0 Å². The van der Waals surface area contributed by atoms with Crippen LogP contribution in [-0.2, 0) is 19.1 Å². The summed E-state index contributed by atoms with van der Waals surface area (Å²) in [4.78, 5) is 52.2. The number of morpholine rings is 1. The normalized spacial score (nSPS) is 16.7. The van der Waals surface area contributed by atoms with Crippen molar-refractivity contribution in [3.8, 4) is 11.4 Å². The molecule has 1 fully saturated rings. The summed E-state index contributed by atoms with van der Waals surface area (Å²) < 4.78 is 14.5. The predicted molar refractivity (Wildman–Crippen MR) is 117 cm³/mol. The first-order valence-corrected chi connectivity index (χ1v) is 10.1. The van der Waals surface area contributed by atoms with Gasteiger partial charge in [0.25, 0.3) is 11.8 Å². The lowest BCUT2D eigenvalue weighted by Gasteiger charge is -2.34. The molecule has 1 saturated heterocycles. The Morgan fingerprint density at radius 3 is 2.68 bits per heavy atom. The van der Waals surface area contributed by atoms with Crippen molar-refractivity contribution in [3.05, 3.63) is 64.6 Å². The maximum atomic E-state index is 13.0. The summed E-state index contributed by atoms with van der Waals surface area (Å²) in [6.07, 6.45) is -3.22. The molecule has 2 amide bonds. The van der Waals surface area contributed by atoms with Crippen molar-refractivity contribution in [2.24, 2.45) is 0 Å². The van der Waals surface area contributed by atoms with E-state index in [0.29, 0.717) is 16.9 Å². The average Bonchev–Trinajstić information content (AvgIpc) is 3.30. The third-order valence-electron chi connectivity index (χ3n) is 5.12. The number of carbonyl (C=O) groups is 3.